The summed E-state index contributed by atoms with van der Waals surface area (Å²) in [5.74, 6) is 1.87. The van der Waals surface area contributed by atoms with E-state index in [2.05, 4.69) is 30.6 Å². The predicted octanol–water partition coefficient (Wildman–Crippen LogP) is 3.62. The van der Waals surface area contributed by atoms with E-state index in [0.717, 1.165) is 23.3 Å². The van der Waals surface area contributed by atoms with Crippen LogP contribution in [0.15, 0.2) is 0 Å². The predicted molar refractivity (Wildman–Crippen MR) is 85.9 cm³/mol. The van der Waals surface area contributed by atoms with Gasteiger partial charge in [0.15, 0.2) is 0 Å². The topological polar surface area (TPSA) is 6.48 Å². The van der Waals surface area contributed by atoms with Crippen LogP contribution in [0.4, 0.5) is 0 Å². The first-order valence-corrected chi connectivity index (χ1v) is 9.12. The standard InChI is InChI=1S/C18H34N2/c1-4-19-13-16(12-18(14-19)8-9-18)17-11-15(3)7-6-10-20(17)5-2/h15-17H,4-14H2,1-3H3. The monoisotopic (exact) mass is 278 g/mol. The average molecular weight is 278 g/mol. The first kappa shape index (κ1) is 14.8. The minimum absolute atomic E-state index is 0.744. The Labute approximate surface area is 125 Å². The van der Waals surface area contributed by atoms with Gasteiger partial charge >= 0.3 is 0 Å². The highest BCUT2D eigenvalue weighted by Gasteiger charge is 2.50. The summed E-state index contributed by atoms with van der Waals surface area (Å²) in [6.07, 6.45) is 8.86. The van der Waals surface area contributed by atoms with Gasteiger partial charge in [-0.05, 0) is 75.4 Å². The molecule has 3 atom stereocenters. The fourth-order valence-corrected chi connectivity index (χ4v) is 4.96. The van der Waals surface area contributed by atoms with Crippen LogP contribution in [0.1, 0.15) is 59.3 Å². The van der Waals surface area contributed by atoms with E-state index in [4.69, 9.17) is 0 Å². The van der Waals surface area contributed by atoms with Crippen LogP contribution in [-0.2, 0) is 0 Å². The minimum atomic E-state index is 0.744. The van der Waals surface area contributed by atoms with Crippen LogP contribution in [-0.4, -0.2) is 48.6 Å². The summed E-state index contributed by atoms with van der Waals surface area (Å²) in [7, 11) is 0. The molecule has 0 aromatic rings. The molecule has 116 valence electrons. The van der Waals surface area contributed by atoms with E-state index < -0.39 is 0 Å². The van der Waals surface area contributed by atoms with Crippen molar-refractivity contribution in [3.63, 3.8) is 0 Å². The quantitative estimate of drug-likeness (QED) is 0.778. The number of hydrogen-bond acceptors (Lipinski definition) is 2. The summed E-state index contributed by atoms with van der Waals surface area (Å²) in [4.78, 5) is 5.58. The van der Waals surface area contributed by atoms with Crippen molar-refractivity contribution in [2.75, 3.05) is 32.7 Å². The molecular formula is C18H34N2. The Kier molecular flexibility index (Phi) is 4.42. The molecular weight excluding hydrogens is 244 g/mol. The van der Waals surface area contributed by atoms with E-state index in [1.165, 1.54) is 71.2 Å². The summed E-state index contributed by atoms with van der Waals surface area (Å²) in [6, 6.07) is 0.865. The lowest BCUT2D eigenvalue weighted by molar-refractivity contribution is 0.0452. The van der Waals surface area contributed by atoms with Gasteiger partial charge in [0.05, 0.1) is 0 Å². The molecule has 2 nitrogen and oxygen atoms in total. The van der Waals surface area contributed by atoms with Crippen LogP contribution in [0.3, 0.4) is 0 Å². The molecule has 1 saturated carbocycles. The molecule has 0 radical (unpaired) electrons. The number of likely N-dealkylation sites (tertiary alicyclic amines) is 2. The number of nitrogens with zero attached hydrogens (tertiary/aromatic N) is 2. The molecule has 2 saturated heterocycles. The zero-order valence-electron chi connectivity index (χ0n) is 13.9. The van der Waals surface area contributed by atoms with Gasteiger partial charge in [-0.15, -0.1) is 0 Å². The molecule has 20 heavy (non-hydrogen) atoms. The molecule has 0 bridgehead atoms. The van der Waals surface area contributed by atoms with Gasteiger partial charge in [-0.25, -0.2) is 0 Å². The summed E-state index contributed by atoms with van der Waals surface area (Å²) >= 11 is 0. The zero-order valence-corrected chi connectivity index (χ0v) is 13.9. The molecule has 2 heterocycles. The van der Waals surface area contributed by atoms with Gasteiger partial charge in [-0.3, -0.25) is 0 Å². The highest BCUT2D eigenvalue weighted by Crippen LogP contribution is 2.54. The largest absolute Gasteiger partial charge is 0.303 e. The Morgan fingerprint density at radius 1 is 1.15 bits per heavy atom. The molecule has 2 aliphatic heterocycles. The summed E-state index contributed by atoms with van der Waals surface area (Å²) in [5, 5.41) is 0. The SMILES string of the molecule is CCN1CC(C2CC(C)CCCN2CC)CC2(CC2)C1. The maximum atomic E-state index is 2.82. The van der Waals surface area contributed by atoms with Crippen molar-refractivity contribution >= 4 is 0 Å². The van der Waals surface area contributed by atoms with E-state index in [1.54, 1.807) is 0 Å². The third-order valence-corrected chi connectivity index (χ3v) is 6.36. The van der Waals surface area contributed by atoms with E-state index in [1.807, 2.05) is 0 Å². The fraction of sp³-hybridized carbons (Fsp3) is 1.00. The Morgan fingerprint density at radius 3 is 2.60 bits per heavy atom. The molecule has 0 aromatic heterocycles. The van der Waals surface area contributed by atoms with Crippen molar-refractivity contribution in [3.05, 3.63) is 0 Å². The van der Waals surface area contributed by atoms with E-state index in [9.17, 15) is 0 Å². The van der Waals surface area contributed by atoms with Crippen molar-refractivity contribution in [1.29, 1.82) is 0 Å². The zero-order chi connectivity index (χ0) is 14.2. The number of hydrogen-bond donors (Lipinski definition) is 0. The summed E-state index contributed by atoms with van der Waals surface area (Å²) in [5.41, 5.74) is 0.744. The molecule has 0 aromatic carbocycles. The van der Waals surface area contributed by atoms with Gasteiger partial charge < -0.3 is 9.80 Å². The molecule has 0 amide bonds. The maximum absolute atomic E-state index is 2.82. The van der Waals surface area contributed by atoms with Crippen LogP contribution in [0.25, 0.3) is 0 Å². The number of piperidine rings is 1. The third kappa shape index (κ3) is 3.06. The average Bonchev–Trinajstić information content (AvgIpc) is 3.22. The van der Waals surface area contributed by atoms with Crippen molar-refractivity contribution in [3.8, 4) is 0 Å². The van der Waals surface area contributed by atoms with Crippen LogP contribution >= 0.6 is 0 Å². The van der Waals surface area contributed by atoms with Crippen LogP contribution in [0.2, 0.25) is 0 Å². The van der Waals surface area contributed by atoms with Crippen molar-refractivity contribution < 1.29 is 0 Å². The molecule has 3 fully saturated rings. The van der Waals surface area contributed by atoms with Crippen molar-refractivity contribution in [2.45, 2.75) is 65.3 Å². The van der Waals surface area contributed by atoms with E-state index in [-0.39, 0.29) is 0 Å². The molecule has 2 heteroatoms. The van der Waals surface area contributed by atoms with E-state index in [0.29, 0.717) is 0 Å². The second-order valence-electron chi connectivity index (χ2n) is 7.97. The second-order valence-corrected chi connectivity index (χ2v) is 7.97. The summed E-state index contributed by atoms with van der Waals surface area (Å²) < 4.78 is 0. The summed E-state index contributed by atoms with van der Waals surface area (Å²) in [6.45, 7) is 13.8. The third-order valence-electron chi connectivity index (χ3n) is 6.36. The highest BCUT2D eigenvalue weighted by atomic mass is 15.2. The number of rotatable bonds is 3. The Balaban J connectivity index is 1.73. The van der Waals surface area contributed by atoms with Gasteiger partial charge in [0.2, 0.25) is 0 Å². The normalized spacial score (nSPS) is 38.9. The maximum Gasteiger partial charge on any atom is 0.0138 e. The van der Waals surface area contributed by atoms with Crippen LogP contribution in [0.5, 0.6) is 0 Å². The van der Waals surface area contributed by atoms with Crippen LogP contribution in [0, 0.1) is 17.3 Å². The molecule has 1 spiro atoms. The second kappa shape index (κ2) is 5.96. The molecule has 1 aliphatic carbocycles. The molecule has 3 unspecified atom stereocenters. The Bertz CT molecular complexity index is 323. The lowest BCUT2D eigenvalue weighted by Crippen LogP contribution is -2.50. The van der Waals surface area contributed by atoms with Gasteiger partial charge in [0, 0.05) is 19.1 Å². The molecule has 3 rings (SSSR count). The van der Waals surface area contributed by atoms with Crippen molar-refractivity contribution in [1.82, 2.24) is 9.80 Å². The van der Waals surface area contributed by atoms with Gasteiger partial charge in [0.25, 0.3) is 0 Å². The molecule has 3 aliphatic rings. The van der Waals surface area contributed by atoms with E-state index >= 15 is 0 Å². The first-order valence-electron chi connectivity index (χ1n) is 9.12. The Hall–Kier alpha value is -0.0800. The molecule has 0 N–H and O–H groups in total. The van der Waals surface area contributed by atoms with Gasteiger partial charge in [-0.1, -0.05) is 20.8 Å². The Morgan fingerprint density at radius 2 is 1.95 bits per heavy atom. The van der Waals surface area contributed by atoms with Crippen molar-refractivity contribution in [2.24, 2.45) is 17.3 Å². The van der Waals surface area contributed by atoms with Gasteiger partial charge in [0.1, 0.15) is 0 Å². The van der Waals surface area contributed by atoms with Crippen LogP contribution < -0.4 is 0 Å². The lowest BCUT2D eigenvalue weighted by atomic mass is 9.79. The fourth-order valence-electron chi connectivity index (χ4n) is 4.96. The smallest absolute Gasteiger partial charge is 0.0138 e. The first-order chi connectivity index (χ1) is 9.65. The lowest BCUT2D eigenvalue weighted by Gasteiger charge is -2.44. The van der Waals surface area contributed by atoms with Gasteiger partial charge in [-0.2, -0.15) is 0 Å². The minimum Gasteiger partial charge on any atom is -0.303 e. The highest BCUT2D eigenvalue weighted by molar-refractivity contribution is 5.03.